The van der Waals surface area contributed by atoms with Crippen molar-refractivity contribution in [2.75, 3.05) is 0 Å². The molecule has 0 heterocycles. The molecule has 0 amide bonds. The van der Waals surface area contributed by atoms with Crippen molar-refractivity contribution < 1.29 is 17.9 Å². The summed E-state index contributed by atoms with van der Waals surface area (Å²) < 4.78 is 28.0. The normalized spacial score (nSPS) is 12.3. The summed E-state index contributed by atoms with van der Waals surface area (Å²) in [6.45, 7) is 5.07. The van der Waals surface area contributed by atoms with Crippen LogP contribution in [0.3, 0.4) is 0 Å². The van der Waals surface area contributed by atoms with Crippen LogP contribution in [0.2, 0.25) is 5.02 Å². The van der Waals surface area contributed by atoms with Gasteiger partial charge in [-0.05, 0) is 48.8 Å². The van der Waals surface area contributed by atoms with E-state index < -0.39 is 20.6 Å². The average Bonchev–Trinajstić information content (AvgIpc) is 2.17. The molecule has 0 aliphatic carbocycles. The molecule has 0 N–H and O–H groups in total. The lowest BCUT2D eigenvalue weighted by atomic mass is 10.1. The Morgan fingerprint density at radius 1 is 1.32 bits per heavy atom. The monoisotopic (exact) mass is 388 g/mol. The van der Waals surface area contributed by atoms with Crippen LogP contribution in [0.5, 0.6) is 0 Å². The van der Waals surface area contributed by atoms with Gasteiger partial charge in [-0.25, -0.2) is 13.2 Å². The molecule has 4 nitrogen and oxygen atoms in total. The van der Waals surface area contributed by atoms with E-state index in [0.717, 1.165) is 6.07 Å². The van der Waals surface area contributed by atoms with Crippen molar-refractivity contribution in [3.05, 3.63) is 27.2 Å². The van der Waals surface area contributed by atoms with E-state index in [9.17, 15) is 13.2 Å². The largest absolute Gasteiger partial charge is 0.456 e. The predicted molar refractivity (Wildman–Crippen MR) is 77.4 cm³/mol. The van der Waals surface area contributed by atoms with Crippen LogP contribution in [0.1, 0.15) is 31.1 Å². The number of halogens is 3. The highest BCUT2D eigenvalue weighted by Crippen LogP contribution is 2.32. The third-order valence-electron chi connectivity index (χ3n) is 1.90. The maximum absolute atomic E-state index is 11.9. The second-order valence-electron chi connectivity index (χ2n) is 4.71. The third kappa shape index (κ3) is 4.63. The smallest absolute Gasteiger partial charge is 0.340 e. The summed E-state index contributed by atoms with van der Waals surface area (Å²) in [4.78, 5) is 11.7. The van der Waals surface area contributed by atoms with Gasteiger partial charge in [0.15, 0.2) is 0 Å². The van der Waals surface area contributed by atoms with Crippen molar-refractivity contribution in [1.29, 1.82) is 0 Å². The molecule has 0 aliphatic rings. The summed E-state index contributed by atoms with van der Waals surface area (Å²) in [5.74, 6) is -0.722. The van der Waals surface area contributed by atoms with Crippen LogP contribution < -0.4 is 0 Å². The topological polar surface area (TPSA) is 60.4 Å². The molecule has 0 saturated heterocycles. The first-order chi connectivity index (χ1) is 8.42. The van der Waals surface area contributed by atoms with E-state index in [4.69, 9.17) is 27.0 Å². The molecule has 106 valence electrons. The Morgan fingerprint density at radius 3 is 2.26 bits per heavy atom. The number of rotatable bonds is 2. The Hall–Kier alpha value is -0.300. The summed E-state index contributed by atoms with van der Waals surface area (Å²) in [5, 5.41) is 0.0679. The number of benzene rings is 1. The first-order valence-corrected chi connectivity index (χ1v) is 8.57. The molecule has 0 spiro atoms. The highest BCUT2D eigenvalue weighted by atomic mass is 79.9. The average molecular weight is 390 g/mol. The van der Waals surface area contributed by atoms with Crippen LogP contribution in [0.4, 0.5) is 0 Å². The van der Waals surface area contributed by atoms with Gasteiger partial charge in [-0.2, -0.15) is 0 Å². The summed E-state index contributed by atoms with van der Waals surface area (Å²) in [6, 6.07) is 2.31. The van der Waals surface area contributed by atoms with Gasteiger partial charge in [-0.1, -0.05) is 11.6 Å². The minimum atomic E-state index is -3.97. The first-order valence-electron chi connectivity index (χ1n) is 5.09. The first kappa shape index (κ1) is 16.8. The van der Waals surface area contributed by atoms with Gasteiger partial charge in [0.05, 0.1) is 15.5 Å². The number of hydrogen-bond donors (Lipinski definition) is 0. The molecule has 0 unspecified atom stereocenters. The molecule has 0 fully saturated rings. The lowest BCUT2D eigenvalue weighted by Crippen LogP contribution is -2.24. The fraction of sp³-hybridized carbons (Fsp3) is 0.364. The van der Waals surface area contributed by atoms with E-state index >= 15 is 0 Å². The molecule has 8 heteroatoms. The summed E-state index contributed by atoms with van der Waals surface area (Å²) in [6.07, 6.45) is 0. The van der Waals surface area contributed by atoms with Crippen molar-refractivity contribution in [2.24, 2.45) is 0 Å². The molecule has 0 aliphatic heterocycles. The molecule has 1 aromatic rings. The molecule has 1 aromatic carbocycles. The van der Waals surface area contributed by atoms with Gasteiger partial charge in [0.2, 0.25) is 0 Å². The van der Waals surface area contributed by atoms with Gasteiger partial charge in [0.1, 0.15) is 5.60 Å². The van der Waals surface area contributed by atoms with Gasteiger partial charge >= 0.3 is 5.97 Å². The number of esters is 1. The summed E-state index contributed by atoms with van der Waals surface area (Å²) in [5.41, 5.74) is -0.784. The van der Waals surface area contributed by atoms with Crippen molar-refractivity contribution in [1.82, 2.24) is 0 Å². The van der Waals surface area contributed by atoms with Crippen LogP contribution in [0.25, 0.3) is 0 Å². The van der Waals surface area contributed by atoms with Crippen molar-refractivity contribution >= 4 is 53.2 Å². The summed E-state index contributed by atoms with van der Waals surface area (Å²) in [7, 11) is 1.28. The second-order valence-corrected chi connectivity index (χ2v) is 8.50. The van der Waals surface area contributed by atoms with E-state index in [2.05, 4.69) is 15.9 Å². The van der Waals surface area contributed by atoms with Crippen molar-refractivity contribution in [3.63, 3.8) is 0 Å². The molecule has 0 radical (unpaired) electrons. The van der Waals surface area contributed by atoms with Crippen LogP contribution in [-0.2, 0) is 13.8 Å². The van der Waals surface area contributed by atoms with Gasteiger partial charge in [0.25, 0.3) is 9.05 Å². The maximum Gasteiger partial charge on any atom is 0.340 e. The highest BCUT2D eigenvalue weighted by Gasteiger charge is 2.24. The van der Waals surface area contributed by atoms with E-state index in [-0.39, 0.29) is 20.0 Å². The highest BCUT2D eigenvalue weighted by molar-refractivity contribution is 9.10. The molecule has 0 bridgehead atoms. The standard InChI is InChI=1S/C11H11BrCl2O4S/c1-11(2,3)18-10(15)7-4-6(19(14,16)17)5-8(12)9(7)13/h4-5H,1-3H3. The van der Waals surface area contributed by atoms with E-state index in [1.54, 1.807) is 20.8 Å². The fourth-order valence-electron chi connectivity index (χ4n) is 1.19. The Bertz CT molecular complexity index is 620. The zero-order chi connectivity index (χ0) is 15.0. The lowest BCUT2D eigenvalue weighted by Gasteiger charge is -2.20. The molecular formula is C11H11BrCl2O4S. The van der Waals surface area contributed by atoms with Crippen molar-refractivity contribution in [2.45, 2.75) is 31.3 Å². The number of ether oxygens (including phenoxy) is 1. The minimum Gasteiger partial charge on any atom is -0.456 e. The Morgan fingerprint density at radius 2 is 1.84 bits per heavy atom. The van der Waals surface area contributed by atoms with Gasteiger partial charge in [-0.3, -0.25) is 0 Å². The molecule has 0 aromatic heterocycles. The van der Waals surface area contributed by atoms with Crippen LogP contribution in [0.15, 0.2) is 21.5 Å². The Balaban J connectivity index is 3.36. The zero-order valence-electron chi connectivity index (χ0n) is 10.3. The second kappa shape index (κ2) is 5.60. The lowest BCUT2D eigenvalue weighted by molar-refractivity contribution is 0.00694. The molecule has 0 saturated carbocycles. The fourth-order valence-corrected chi connectivity index (χ4v) is 2.77. The molecule has 19 heavy (non-hydrogen) atoms. The molecular weight excluding hydrogens is 379 g/mol. The predicted octanol–water partition coefficient (Wildman–Crippen LogP) is 3.99. The van der Waals surface area contributed by atoms with E-state index in [1.807, 2.05) is 0 Å². The molecule has 0 atom stereocenters. The van der Waals surface area contributed by atoms with Crippen LogP contribution in [-0.4, -0.2) is 20.0 Å². The number of carbonyl (C=O) groups is 1. The SMILES string of the molecule is CC(C)(C)OC(=O)c1cc(S(=O)(=O)Cl)cc(Br)c1Cl. The number of carbonyl (C=O) groups excluding carboxylic acids is 1. The summed E-state index contributed by atoms with van der Waals surface area (Å²) >= 11 is 9.03. The maximum atomic E-state index is 11.9. The zero-order valence-corrected chi connectivity index (χ0v) is 14.2. The number of hydrogen-bond acceptors (Lipinski definition) is 4. The quantitative estimate of drug-likeness (QED) is 0.566. The van der Waals surface area contributed by atoms with Crippen LogP contribution in [0, 0.1) is 0 Å². The molecule has 1 rings (SSSR count). The Kier molecular flexibility index (Phi) is 4.93. The van der Waals surface area contributed by atoms with Gasteiger partial charge < -0.3 is 4.74 Å². The van der Waals surface area contributed by atoms with E-state index in [1.165, 1.54) is 6.07 Å². The Labute approximate surface area is 129 Å². The van der Waals surface area contributed by atoms with Crippen molar-refractivity contribution in [3.8, 4) is 0 Å². The third-order valence-corrected chi connectivity index (χ3v) is 4.50. The van der Waals surface area contributed by atoms with E-state index in [0.29, 0.717) is 0 Å². The minimum absolute atomic E-state index is 0.0646. The van der Waals surface area contributed by atoms with Gasteiger partial charge in [-0.15, -0.1) is 0 Å². The van der Waals surface area contributed by atoms with Gasteiger partial charge in [0, 0.05) is 15.2 Å². The van der Waals surface area contributed by atoms with Crippen LogP contribution >= 0.6 is 38.2 Å².